The SMILES string of the molecule is O=C(CNS(=O)(=O)CCc1ccccc1)NCCN1CCOCC1. The van der Waals surface area contributed by atoms with E-state index in [2.05, 4.69) is 14.9 Å². The van der Waals surface area contributed by atoms with Crippen LogP contribution in [0.2, 0.25) is 0 Å². The van der Waals surface area contributed by atoms with Gasteiger partial charge in [-0.25, -0.2) is 13.1 Å². The Morgan fingerprint density at radius 3 is 2.58 bits per heavy atom. The van der Waals surface area contributed by atoms with Gasteiger partial charge in [0, 0.05) is 26.2 Å². The van der Waals surface area contributed by atoms with Crippen molar-refractivity contribution in [1.29, 1.82) is 0 Å². The number of benzene rings is 1. The van der Waals surface area contributed by atoms with E-state index in [0.29, 0.717) is 13.0 Å². The van der Waals surface area contributed by atoms with Gasteiger partial charge in [-0.05, 0) is 12.0 Å². The molecule has 1 saturated heterocycles. The van der Waals surface area contributed by atoms with Crippen LogP contribution in [0.15, 0.2) is 30.3 Å². The molecule has 2 N–H and O–H groups in total. The highest BCUT2D eigenvalue weighted by molar-refractivity contribution is 7.89. The first kappa shape index (κ1) is 18.9. The largest absolute Gasteiger partial charge is 0.379 e. The van der Waals surface area contributed by atoms with Crippen LogP contribution in [0.25, 0.3) is 0 Å². The molecule has 0 radical (unpaired) electrons. The second kappa shape index (κ2) is 9.73. The molecule has 134 valence electrons. The number of carbonyl (C=O) groups is 1. The molecule has 0 aromatic heterocycles. The van der Waals surface area contributed by atoms with Gasteiger partial charge in [-0.3, -0.25) is 9.69 Å². The molecule has 1 aliphatic rings. The maximum atomic E-state index is 11.9. The van der Waals surface area contributed by atoms with Crippen LogP contribution in [0.5, 0.6) is 0 Å². The van der Waals surface area contributed by atoms with Gasteiger partial charge in [0.15, 0.2) is 0 Å². The van der Waals surface area contributed by atoms with Crippen LogP contribution in [0.3, 0.4) is 0 Å². The first-order valence-corrected chi connectivity index (χ1v) is 9.78. The number of ether oxygens (including phenoxy) is 1. The van der Waals surface area contributed by atoms with Crippen molar-refractivity contribution in [2.75, 3.05) is 51.7 Å². The van der Waals surface area contributed by atoms with Crippen molar-refractivity contribution in [3.63, 3.8) is 0 Å². The minimum absolute atomic E-state index is 0.0297. The summed E-state index contributed by atoms with van der Waals surface area (Å²) in [5.74, 6) is -0.343. The fourth-order valence-corrected chi connectivity index (χ4v) is 3.39. The van der Waals surface area contributed by atoms with Gasteiger partial charge in [0.05, 0.1) is 25.5 Å². The highest BCUT2D eigenvalue weighted by Crippen LogP contribution is 2.01. The van der Waals surface area contributed by atoms with E-state index < -0.39 is 10.0 Å². The lowest BCUT2D eigenvalue weighted by Gasteiger charge is -2.26. The highest BCUT2D eigenvalue weighted by Gasteiger charge is 2.13. The highest BCUT2D eigenvalue weighted by atomic mass is 32.2. The number of hydrogen-bond acceptors (Lipinski definition) is 5. The zero-order valence-corrected chi connectivity index (χ0v) is 14.6. The summed E-state index contributed by atoms with van der Waals surface area (Å²) in [5, 5.41) is 2.73. The first-order chi connectivity index (χ1) is 11.6. The van der Waals surface area contributed by atoms with Crippen LogP contribution in [0, 0.1) is 0 Å². The smallest absolute Gasteiger partial charge is 0.235 e. The summed E-state index contributed by atoms with van der Waals surface area (Å²) < 4.78 is 31.4. The third kappa shape index (κ3) is 7.39. The summed E-state index contributed by atoms with van der Waals surface area (Å²) in [5.41, 5.74) is 0.956. The van der Waals surface area contributed by atoms with E-state index in [9.17, 15) is 13.2 Å². The summed E-state index contributed by atoms with van der Waals surface area (Å²) >= 11 is 0. The number of morpholine rings is 1. The lowest BCUT2D eigenvalue weighted by Crippen LogP contribution is -2.43. The number of rotatable bonds is 9. The van der Waals surface area contributed by atoms with Crippen LogP contribution < -0.4 is 10.0 Å². The van der Waals surface area contributed by atoms with Crippen molar-refractivity contribution >= 4 is 15.9 Å². The van der Waals surface area contributed by atoms with Gasteiger partial charge in [0.1, 0.15) is 0 Å². The molecule has 1 aromatic carbocycles. The molecule has 1 aromatic rings. The van der Waals surface area contributed by atoms with Crippen molar-refractivity contribution < 1.29 is 17.9 Å². The molecule has 1 fully saturated rings. The van der Waals surface area contributed by atoms with E-state index >= 15 is 0 Å². The van der Waals surface area contributed by atoms with Crippen molar-refractivity contribution in [3.8, 4) is 0 Å². The van der Waals surface area contributed by atoms with E-state index in [-0.39, 0.29) is 18.2 Å². The number of hydrogen-bond donors (Lipinski definition) is 2. The van der Waals surface area contributed by atoms with Gasteiger partial charge in [-0.15, -0.1) is 0 Å². The Kier molecular flexibility index (Phi) is 7.64. The zero-order chi connectivity index (χ0) is 17.3. The lowest BCUT2D eigenvalue weighted by molar-refractivity contribution is -0.120. The van der Waals surface area contributed by atoms with Gasteiger partial charge >= 0.3 is 0 Å². The fraction of sp³-hybridized carbons (Fsp3) is 0.562. The predicted molar refractivity (Wildman–Crippen MR) is 92.2 cm³/mol. The van der Waals surface area contributed by atoms with Gasteiger partial charge in [0.25, 0.3) is 0 Å². The lowest BCUT2D eigenvalue weighted by atomic mass is 10.2. The maximum absolute atomic E-state index is 11.9. The molecule has 1 amide bonds. The van der Waals surface area contributed by atoms with Gasteiger partial charge < -0.3 is 10.1 Å². The number of carbonyl (C=O) groups excluding carboxylic acids is 1. The van der Waals surface area contributed by atoms with E-state index in [1.54, 1.807) is 0 Å². The maximum Gasteiger partial charge on any atom is 0.235 e. The summed E-state index contributed by atoms with van der Waals surface area (Å²) in [6.07, 6.45) is 0.425. The number of sulfonamides is 1. The molecule has 1 heterocycles. The summed E-state index contributed by atoms with van der Waals surface area (Å²) in [4.78, 5) is 13.9. The minimum atomic E-state index is -3.46. The molecule has 1 aliphatic heterocycles. The van der Waals surface area contributed by atoms with Crippen LogP contribution >= 0.6 is 0 Å². The van der Waals surface area contributed by atoms with E-state index in [1.165, 1.54) is 0 Å². The van der Waals surface area contributed by atoms with E-state index in [0.717, 1.165) is 38.4 Å². The van der Waals surface area contributed by atoms with Crippen LogP contribution in [0.4, 0.5) is 0 Å². The molecular formula is C16H25N3O4S. The number of nitrogens with one attached hydrogen (secondary N) is 2. The predicted octanol–water partition coefficient (Wildman–Crippen LogP) is -0.403. The van der Waals surface area contributed by atoms with Crippen molar-refractivity contribution in [3.05, 3.63) is 35.9 Å². The average Bonchev–Trinajstić information content (AvgIpc) is 2.60. The third-order valence-electron chi connectivity index (χ3n) is 3.81. The first-order valence-electron chi connectivity index (χ1n) is 8.13. The molecule has 0 bridgehead atoms. The fourth-order valence-electron chi connectivity index (χ4n) is 2.39. The minimum Gasteiger partial charge on any atom is -0.379 e. The zero-order valence-electron chi connectivity index (χ0n) is 13.7. The Hall–Kier alpha value is -1.48. The molecule has 0 atom stereocenters. The summed E-state index contributed by atoms with van der Waals surface area (Å²) in [7, 11) is -3.46. The second-order valence-electron chi connectivity index (χ2n) is 5.68. The van der Waals surface area contributed by atoms with Gasteiger partial charge in [-0.1, -0.05) is 30.3 Å². The quantitative estimate of drug-likeness (QED) is 0.629. The van der Waals surface area contributed by atoms with Crippen LogP contribution in [0.1, 0.15) is 5.56 Å². The van der Waals surface area contributed by atoms with Crippen LogP contribution in [-0.4, -0.2) is 70.9 Å². The Morgan fingerprint density at radius 2 is 1.88 bits per heavy atom. The number of aryl methyl sites for hydroxylation is 1. The third-order valence-corrected chi connectivity index (χ3v) is 5.13. The Labute approximate surface area is 143 Å². The molecule has 24 heavy (non-hydrogen) atoms. The number of nitrogens with zero attached hydrogens (tertiary/aromatic N) is 1. The van der Waals surface area contributed by atoms with E-state index in [1.807, 2.05) is 30.3 Å². The molecule has 2 rings (SSSR count). The Balaban J connectivity index is 1.61. The van der Waals surface area contributed by atoms with Crippen molar-refractivity contribution in [2.24, 2.45) is 0 Å². The number of amides is 1. The monoisotopic (exact) mass is 355 g/mol. The van der Waals surface area contributed by atoms with Gasteiger partial charge in [0.2, 0.25) is 15.9 Å². The standard InChI is InChI=1S/C16H25N3O4S/c20-16(17-7-8-19-9-11-23-12-10-19)14-18-24(21,22)13-6-15-4-2-1-3-5-15/h1-5,18H,6-14H2,(H,17,20). The molecule has 7 nitrogen and oxygen atoms in total. The molecular weight excluding hydrogens is 330 g/mol. The Morgan fingerprint density at radius 1 is 1.17 bits per heavy atom. The molecule has 0 unspecified atom stereocenters. The topological polar surface area (TPSA) is 87.7 Å². The average molecular weight is 355 g/mol. The second-order valence-corrected chi connectivity index (χ2v) is 7.61. The molecule has 8 heteroatoms. The van der Waals surface area contributed by atoms with Crippen molar-refractivity contribution in [1.82, 2.24) is 14.9 Å². The normalized spacial score (nSPS) is 16.0. The summed E-state index contributed by atoms with van der Waals surface area (Å²) in [6.45, 7) is 4.19. The molecule has 0 aliphatic carbocycles. The van der Waals surface area contributed by atoms with E-state index in [4.69, 9.17) is 4.74 Å². The summed E-state index contributed by atoms with van der Waals surface area (Å²) in [6, 6.07) is 9.40. The van der Waals surface area contributed by atoms with Crippen LogP contribution in [-0.2, 0) is 26.0 Å². The Bertz CT molecular complexity index is 601. The molecule has 0 saturated carbocycles. The van der Waals surface area contributed by atoms with Gasteiger partial charge in [-0.2, -0.15) is 0 Å². The molecule has 0 spiro atoms. The van der Waals surface area contributed by atoms with Crippen molar-refractivity contribution in [2.45, 2.75) is 6.42 Å².